The number of carboxylic acids is 1. The number of carbonyl (C=O) groups is 1. The number of thioether (sulfide) groups is 1. The smallest absolute Gasteiger partial charge is 0.317 e. The molecule has 0 saturated heterocycles. The lowest BCUT2D eigenvalue weighted by Crippen LogP contribution is -2.22. The fraction of sp³-hybridized carbons (Fsp3) is 0.269. The average molecular weight is 436 g/mol. The Labute approximate surface area is 188 Å². The minimum absolute atomic E-state index is 0.0791. The van der Waals surface area contributed by atoms with E-state index < -0.39 is 11.2 Å². The van der Waals surface area contributed by atoms with Crippen molar-refractivity contribution in [2.24, 2.45) is 5.92 Å². The molecule has 162 valence electrons. The molecule has 2 N–H and O–H groups in total. The molecule has 31 heavy (non-hydrogen) atoms. The quantitative estimate of drug-likeness (QED) is 0.355. The number of hydrogen-bond donors (Lipinski definition) is 2. The average Bonchev–Trinajstić information content (AvgIpc) is 2.78. The maximum absolute atomic E-state index is 11.4. The Balaban J connectivity index is 1.43. The highest BCUT2D eigenvalue weighted by Crippen LogP contribution is 2.29. The molecular formula is C26H29NO3S. The van der Waals surface area contributed by atoms with Crippen molar-refractivity contribution in [3.63, 3.8) is 0 Å². The third-order valence-electron chi connectivity index (χ3n) is 4.88. The van der Waals surface area contributed by atoms with Gasteiger partial charge in [-0.2, -0.15) is 0 Å². The molecule has 3 rings (SSSR count). The summed E-state index contributed by atoms with van der Waals surface area (Å²) >= 11 is 1.40. The normalized spacial score (nSPS) is 11.8. The summed E-state index contributed by atoms with van der Waals surface area (Å²) in [6.07, 6.45) is 0.907. The van der Waals surface area contributed by atoms with Gasteiger partial charge in [-0.25, -0.2) is 0 Å². The van der Waals surface area contributed by atoms with E-state index in [1.165, 1.54) is 17.3 Å². The summed E-state index contributed by atoms with van der Waals surface area (Å²) in [5.41, 5.74) is 3.43. The Bertz CT molecular complexity index is 941. The predicted octanol–water partition coefficient (Wildman–Crippen LogP) is 6.12. The number of carboxylic acid groups (broad SMARTS) is 1. The van der Waals surface area contributed by atoms with Gasteiger partial charge in [0, 0.05) is 17.1 Å². The maximum atomic E-state index is 11.4. The van der Waals surface area contributed by atoms with Gasteiger partial charge in [0.25, 0.3) is 0 Å². The number of nitrogens with one attached hydrogen (secondary N) is 1. The third-order valence-corrected chi connectivity index (χ3v) is 6.42. The minimum Gasteiger partial charge on any atom is -0.489 e. The maximum Gasteiger partial charge on any atom is 0.317 e. The van der Waals surface area contributed by atoms with Gasteiger partial charge in [-0.1, -0.05) is 56.3 Å². The first-order valence-electron chi connectivity index (χ1n) is 10.5. The molecule has 0 radical (unpaired) electrons. The van der Waals surface area contributed by atoms with Crippen LogP contribution >= 0.6 is 11.8 Å². The molecule has 3 aromatic carbocycles. The number of benzene rings is 3. The van der Waals surface area contributed by atoms with Gasteiger partial charge in [-0.15, -0.1) is 11.8 Å². The zero-order chi connectivity index (χ0) is 22.1. The second kappa shape index (κ2) is 11.5. The molecule has 0 fully saturated rings. The van der Waals surface area contributed by atoms with Crippen LogP contribution in [0, 0.1) is 5.92 Å². The number of anilines is 1. The van der Waals surface area contributed by atoms with Crippen molar-refractivity contribution in [2.75, 3.05) is 11.9 Å². The van der Waals surface area contributed by atoms with E-state index in [-0.39, 0.29) is 5.92 Å². The highest BCUT2D eigenvalue weighted by atomic mass is 32.2. The molecule has 0 amide bonds. The predicted molar refractivity (Wildman–Crippen MR) is 128 cm³/mol. The van der Waals surface area contributed by atoms with E-state index in [4.69, 9.17) is 4.74 Å². The molecule has 1 atom stereocenters. The lowest BCUT2D eigenvalue weighted by Gasteiger charge is -2.16. The molecular weight excluding hydrogens is 406 g/mol. The number of rotatable bonds is 11. The second-order valence-corrected chi connectivity index (χ2v) is 8.96. The molecule has 0 aliphatic rings. The Morgan fingerprint density at radius 3 is 2.23 bits per heavy atom. The first kappa shape index (κ1) is 22.8. The highest BCUT2D eigenvalue weighted by Gasteiger charge is 2.22. The molecule has 0 bridgehead atoms. The monoisotopic (exact) mass is 435 g/mol. The molecule has 0 aliphatic heterocycles. The van der Waals surface area contributed by atoms with Crippen LogP contribution in [0.15, 0.2) is 83.8 Å². The van der Waals surface area contributed by atoms with Crippen molar-refractivity contribution in [3.05, 3.63) is 90.0 Å². The van der Waals surface area contributed by atoms with Crippen molar-refractivity contribution in [1.29, 1.82) is 0 Å². The molecule has 0 aliphatic carbocycles. The minimum atomic E-state index is -0.765. The molecule has 5 heteroatoms. The molecule has 0 heterocycles. The van der Waals surface area contributed by atoms with E-state index in [1.807, 2.05) is 68.4 Å². The van der Waals surface area contributed by atoms with Crippen molar-refractivity contribution >= 4 is 23.4 Å². The summed E-state index contributed by atoms with van der Waals surface area (Å²) in [7, 11) is 0. The van der Waals surface area contributed by atoms with E-state index in [2.05, 4.69) is 29.6 Å². The van der Waals surface area contributed by atoms with Crippen LogP contribution in [0.1, 0.15) is 25.0 Å². The van der Waals surface area contributed by atoms with Gasteiger partial charge in [-0.05, 0) is 59.9 Å². The Kier molecular flexibility index (Phi) is 8.42. The first-order chi connectivity index (χ1) is 15.0. The van der Waals surface area contributed by atoms with Gasteiger partial charge in [0.05, 0.1) is 0 Å². The molecule has 1 unspecified atom stereocenters. The van der Waals surface area contributed by atoms with Crippen LogP contribution in [0.2, 0.25) is 0 Å². The third kappa shape index (κ3) is 7.37. The van der Waals surface area contributed by atoms with Gasteiger partial charge in [-0.3, -0.25) is 4.79 Å². The van der Waals surface area contributed by atoms with Gasteiger partial charge in [0.1, 0.15) is 17.6 Å². The van der Waals surface area contributed by atoms with Gasteiger partial charge in [0.2, 0.25) is 0 Å². The molecule has 4 nitrogen and oxygen atoms in total. The fourth-order valence-corrected chi connectivity index (χ4v) is 4.07. The van der Waals surface area contributed by atoms with Crippen molar-refractivity contribution in [2.45, 2.75) is 37.0 Å². The molecule has 0 aromatic heterocycles. The number of hydrogen-bond acceptors (Lipinski definition) is 4. The van der Waals surface area contributed by atoms with Gasteiger partial charge >= 0.3 is 5.97 Å². The van der Waals surface area contributed by atoms with Crippen LogP contribution in [0.3, 0.4) is 0 Å². The Morgan fingerprint density at radius 2 is 1.61 bits per heavy atom. The summed E-state index contributed by atoms with van der Waals surface area (Å²) in [5.74, 6) is 0.184. The van der Waals surface area contributed by atoms with E-state index in [0.29, 0.717) is 6.61 Å². The van der Waals surface area contributed by atoms with E-state index in [9.17, 15) is 9.90 Å². The zero-order valence-corrected chi connectivity index (χ0v) is 18.8. The SMILES string of the molecule is CC(C)C(Sc1ccc(NCCc2ccc(OCc3ccccc3)cc2)cc1)C(=O)O. The van der Waals surface area contributed by atoms with Gasteiger partial charge < -0.3 is 15.2 Å². The van der Waals surface area contributed by atoms with E-state index in [0.717, 1.165) is 34.9 Å². The topological polar surface area (TPSA) is 58.6 Å². The fourth-order valence-electron chi connectivity index (χ4n) is 3.11. The highest BCUT2D eigenvalue weighted by molar-refractivity contribution is 8.00. The van der Waals surface area contributed by atoms with Crippen molar-refractivity contribution in [3.8, 4) is 5.75 Å². The van der Waals surface area contributed by atoms with Crippen molar-refractivity contribution in [1.82, 2.24) is 0 Å². The van der Waals surface area contributed by atoms with Crippen LogP contribution in [-0.4, -0.2) is 22.9 Å². The van der Waals surface area contributed by atoms with Crippen LogP contribution in [0.5, 0.6) is 5.75 Å². The summed E-state index contributed by atoms with van der Waals surface area (Å²) < 4.78 is 5.83. The van der Waals surface area contributed by atoms with Crippen LogP contribution in [0.4, 0.5) is 5.69 Å². The van der Waals surface area contributed by atoms with Crippen molar-refractivity contribution < 1.29 is 14.6 Å². The largest absolute Gasteiger partial charge is 0.489 e. The zero-order valence-electron chi connectivity index (χ0n) is 18.0. The standard InChI is InChI=1S/C26H29NO3S/c1-19(2)25(26(28)29)31-24-14-10-22(11-15-24)27-17-16-20-8-12-23(13-9-20)30-18-21-6-4-3-5-7-21/h3-15,19,25,27H,16-18H2,1-2H3,(H,28,29). The Hall–Kier alpha value is -2.92. The molecule has 0 spiro atoms. The summed E-state index contributed by atoms with van der Waals surface area (Å²) in [6.45, 7) is 5.26. The summed E-state index contributed by atoms with van der Waals surface area (Å²) in [4.78, 5) is 12.3. The molecule has 3 aromatic rings. The summed E-state index contributed by atoms with van der Waals surface area (Å²) in [5, 5.41) is 12.3. The van der Waals surface area contributed by atoms with Crippen LogP contribution in [-0.2, 0) is 17.8 Å². The van der Waals surface area contributed by atoms with Crippen LogP contribution in [0.25, 0.3) is 0 Å². The first-order valence-corrected chi connectivity index (χ1v) is 11.4. The lowest BCUT2D eigenvalue weighted by molar-refractivity contribution is -0.137. The summed E-state index contributed by atoms with van der Waals surface area (Å²) in [6, 6.07) is 26.3. The van der Waals surface area contributed by atoms with Crippen LogP contribution < -0.4 is 10.1 Å². The number of aliphatic carboxylic acids is 1. The molecule has 0 saturated carbocycles. The van der Waals surface area contributed by atoms with E-state index in [1.54, 1.807) is 0 Å². The number of ether oxygens (including phenoxy) is 1. The lowest BCUT2D eigenvalue weighted by atomic mass is 10.1. The van der Waals surface area contributed by atoms with Gasteiger partial charge in [0.15, 0.2) is 0 Å². The Morgan fingerprint density at radius 1 is 0.935 bits per heavy atom. The van der Waals surface area contributed by atoms with E-state index >= 15 is 0 Å². The second-order valence-electron chi connectivity index (χ2n) is 7.74.